The van der Waals surface area contributed by atoms with Crippen LogP contribution in [0.25, 0.3) is 0 Å². The summed E-state index contributed by atoms with van der Waals surface area (Å²) in [4.78, 5) is 0. The third kappa shape index (κ3) is 1.86. The Bertz CT molecular complexity index is 348. The van der Waals surface area contributed by atoms with Crippen molar-refractivity contribution in [2.24, 2.45) is 0 Å². The van der Waals surface area contributed by atoms with Gasteiger partial charge in [-0.3, -0.25) is 0 Å². The van der Waals surface area contributed by atoms with Gasteiger partial charge in [-0.2, -0.15) is 0 Å². The summed E-state index contributed by atoms with van der Waals surface area (Å²) in [6.07, 6.45) is 0. The Morgan fingerprint density at radius 3 is 2.50 bits per heavy atom. The summed E-state index contributed by atoms with van der Waals surface area (Å²) < 4.78 is 0. The molecule has 0 aliphatic carbocycles. The molecule has 0 bridgehead atoms. The summed E-state index contributed by atoms with van der Waals surface area (Å²) in [5.41, 5.74) is 2.84. The maximum absolute atomic E-state index is 9.47. The summed E-state index contributed by atoms with van der Waals surface area (Å²) in [6, 6.07) is 1.64. The molecular weight excluding hydrogens is 200 g/mol. The van der Waals surface area contributed by atoms with Gasteiger partial charge in [0.2, 0.25) is 0 Å². The zero-order chi connectivity index (χ0) is 10.9. The molecule has 0 aliphatic heterocycles. The molecule has 0 aromatic heterocycles. The van der Waals surface area contributed by atoms with Crippen LogP contribution in [0.1, 0.15) is 29.5 Å². The number of aromatic hydroxyl groups is 1. The van der Waals surface area contributed by atoms with E-state index in [0.29, 0.717) is 5.02 Å². The van der Waals surface area contributed by atoms with Crippen LogP contribution < -0.4 is 0 Å². The van der Waals surface area contributed by atoms with Crippen LogP contribution in [0.4, 0.5) is 0 Å². The highest BCUT2D eigenvalue weighted by Crippen LogP contribution is 2.35. The Morgan fingerprint density at radius 1 is 1.43 bits per heavy atom. The predicted molar refractivity (Wildman–Crippen MR) is 58.1 cm³/mol. The standard InChI is InChI=1S/C11H15ClO2/c1-6-4-9(14)11(12)8(3)10(6)7(2)5-13/h4,7,13-14H,5H2,1-3H3. The summed E-state index contributed by atoms with van der Waals surface area (Å²) in [5.74, 6) is 0.156. The molecule has 0 heterocycles. The number of hydrogen-bond acceptors (Lipinski definition) is 2. The normalized spacial score (nSPS) is 12.9. The molecule has 3 heteroatoms. The van der Waals surface area contributed by atoms with Crippen molar-refractivity contribution >= 4 is 11.6 Å². The molecule has 0 spiro atoms. The summed E-state index contributed by atoms with van der Waals surface area (Å²) >= 11 is 5.92. The lowest BCUT2D eigenvalue weighted by atomic mass is 9.92. The van der Waals surface area contributed by atoms with Gasteiger partial charge in [-0.1, -0.05) is 18.5 Å². The van der Waals surface area contributed by atoms with Gasteiger partial charge in [-0.05, 0) is 36.6 Å². The van der Waals surface area contributed by atoms with Gasteiger partial charge in [0.15, 0.2) is 0 Å². The first-order chi connectivity index (χ1) is 6.49. The Labute approximate surface area is 89.1 Å². The lowest BCUT2D eigenvalue weighted by Gasteiger charge is -2.17. The van der Waals surface area contributed by atoms with E-state index in [0.717, 1.165) is 16.7 Å². The van der Waals surface area contributed by atoms with Crippen LogP contribution in [0.2, 0.25) is 5.02 Å². The van der Waals surface area contributed by atoms with E-state index >= 15 is 0 Å². The summed E-state index contributed by atoms with van der Waals surface area (Å²) in [7, 11) is 0. The van der Waals surface area contributed by atoms with Crippen LogP contribution in [0.15, 0.2) is 6.07 Å². The molecule has 2 nitrogen and oxygen atoms in total. The maximum atomic E-state index is 9.47. The van der Waals surface area contributed by atoms with Crippen molar-refractivity contribution in [1.29, 1.82) is 0 Å². The fourth-order valence-electron chi connectivity index (χ4n) is 1.80. The smallest absolute Gasteiger partial charge is 0.134 e. The first kappa shape index (κ1) is 11.3. The Balaban J connectivity index is 3.36. The SMILES string of the molecule is Cc1cc(O)c(Cl)c(C)c1C(C)CO. The highest BCUT2D eigenvalue weighted by atomic mass is 35.5. The fourth-order valence-corrected chi connectivity index (χ4v) is 1.96. The first-order valence-corrected chi connectivity index (χ1v) is 4.96. The van der Waals surface area contributed by atoms with E-state index in [4.69, 9.17) is 16.7 Å². The van der Waals surface area contributed by atoms with E-state index in [1.807, 2.05) is 20.8 Å². The Hall–Kier alpha value is -0.730. The van der Waals surface area contributed by atoms with Gasteiger partial charge in [0.05, 0.1) is 5.02 Å². The molecule has 0 saturated heterocycles. The molecular formula is C11H15ClO2. The number of aliphatic hydroxyl groups is 1. The molecule has 0 aliphatic rings. The second kappa shape index (κ2) is 4.20. The van der Waals surface area contributed by atoms with E-state index in [2.05, 4.69) is 0 Å². The molecule has 78 valence electrons. The molecule has 0 saturated carbocycles. The van der Waals surface area contributed by atoms with Crippen LogP contribution >= 0.6 is 11.6 Å². The molecule has 1 unspecified atom stereocenters. The molecule has 1 atom stereocenters. The van der Waals surface area contributed by atoms with Crippen LogP contribution in [-0.4, -0.2) is 16.8 Å². The number of aryl methyl sites for hydroxylation is 1. The first-order valence-electron chi connectivity index (χ1n) is 4.58. The van der Waals surface area contributed by atoms with E-state index in [1.165, 1.54) is 0 Å². The third-order valence-electron chi connectivity index (χ3n) is 2.50. The summed E-state index contributed by atoms with van der Waals surface area (Å²) in [6.45, 7) is 5.78. The average Bonchev–Trinajstić information content (AvgIpc) is 2.14. The van der Waals surface area contributed by atoms with Gasteiger partial charge in [-0.15, -0.1) is 0 Å². The van der Waals surface area contributed by atoms with Crippen LogP contribution in [0, 0.1) is 13.8 Å². The van der Waals surface area contributed by atoms with Crippen molar-refractivity contribution < 1.29 is 10.2 Å². The number of phenolic OH excluding ortho intramolecular Hbond substituents is 1. The van der Waals surface area contributed by atoms with Crippen LogP contribution in [0.3, 0.4) is 0 Å². The molecule has 1 aromatic carbocycles. The zero-order valence-electron chi connectivity index (χ0n) is 8.63. The lowest BCUT2D eigenvalue weighted by Crippen LogP contribution is -2.04. The quantitative estimate of drug-likeness (QED) is 0.795. The minimum absolute atomic E-state index is 0.0492. The van der Waals surface area contributed by atoms with Gasteiger partial charge < -0.3 is 10.2 Å². The van der Waals surface area contributed by atoms with Crippen molar-refractivity contribution in [3.05, 3.63) is 27.8 Å². The molecule has 0 amide bonds. The molecule has 0 fully saturated rings. The third-order valence-corrected chi connectivity index (χ3v) is 2.98. The van der Waals surface area contributed by atoms with Gasteiger partial charge in [-0.25, -0.2) is 0 Å². The average molecular weight is 215 g/mol. The highest BCUT2D eigenvalue weighted by Gasteiger charge is 2.15. The number of phenols is 1. The van der Waals surface area contributed by atoms with Gasteiger partial charge >= 0.3 is 0 Å². The fraction of sp³-hybridized carbons (Fsp3) is 0.455. The lowest BCUT2D eigenvalue weighted by molar-refractivity contribution is 0.272. The Kier molecular flexibility index (Phi) is 3.40. The molecule has 2 N–H and O–H groups in total. The van der Waals surface area contributed by atoms with E-state index in [-0.39, 0.29) is 18.3 Å². The van der Waals surface area contributed by atoms with E-state index in [1.54, 1.807) is 6.07 Å². The van der Waals surface area contributed by atoms with Crippen molar-refractivity contribution in [3.8, 4) is 5.75 Å². The zero-order valence-corrected chi connectivity index (χ0v) is 9.39. The number of hydrogen-bond donors (Lipinski definition) is 2. The number of benzene rings is 1. The summed E-state index contributed by atoms with van der Waals surface area (Å²) in [5, 5.41) is 18.9. The molecule has 1 aromatic rings. The number of aliphatic hydroxyl groups excluding tert-OH is 1. The van der Waals surface area contributed by atoms with Gasteiger partial charge in [0.25, 0.3) is 0 Å². The molecule has 14 heavy (non-hydrogen) atoms. The maximum Gasteiger partial charge on any atom is 0.134 e. The van der Waals surface area contributed by atoms with Gasteiger partial charge in [0, 0.05) is 12.5 Å². The second-order valence-electron chi connectivity index (χ2n) is 3.65. The number of rotatable bonds is 2. The van der Waals surface area contributed by atoms with Crippen molar-refractivity contribution in [1.82, 2.24) is 0 Å². The van der Waals surface area contributed by atoms with Crippen LogP contribution in [-0.2, 0) is 0 Å². The topological polar surface area (TPSA) is 40.5 Å². The predicted octanol–water partition coefficient (Wildman–Crippen LogP) is 2.76. The van der Waals surface area contributed by atoms with Crippen molar-refractivity contribution in [3.63, 3.8) is 0 Å². The van der Waals surface area contributed by atoms with Crippen molar-refractivity contribution in [2.75, 3.05) is 6.61 Å². The Morgan fingerprint density at radius 2 is 2.00 bits per heavy atom. The second-order valence-corrected chi connectivity index (χ2v) is 4.03. The molecule has 0 radical (unpaired) electrons. The van der Waals surface area contributed by atoms with Crippen molar-refractivity contribution in [2.45, 2.75) is 26.7 Å². The van der Waals surface area contributed by atoms with Gasteiger partial charge in [0.1, 0.15) is 5.75 Å². The van der Waals surface area contributed by atoms with E-state index < -0.39 is 0 Å². The van der Waals surface area contributed by atoms with Crippen LogP contribution in [0.5, 0.6) is 5.75 Å². The minimum Gasteiger partial charge on any atom is -0.506 e. The largest absolute Gasteiger partial charge is 0.506 e. The molecule has 1 rings (SSSR count). The monoisotopic (exact) mass is 214 g/mol. The highest BCUT2D eigenvalue weighted by molar-refractivity contribution is 6.32. The number of halogens is 1. The van der Waals surface area contributed by atoms with E-state index in [9.17, 15) is 5.11 Å². The minimum atomic E-state index is 0.0492.